The van der Waals surface area contributed by atoms with Crippen molar-refractivity contribution in [3.8, 4) is 0 Å². The summed E-state index contributed by atoms with van der Waals surface area (Å²) in [7, 11) is 1.76. The van der Waals surface area contributed by atoms with Gasteiger partial charge in [-0.15, -0.1) is 0 Å². The van der Waals surface area contributed by atoms with Crippen LogP contribution in [0.3, 0.4) is 0 Å². The Bertz CT molecular complexity index is 673. The predicted molar refractivity (Wildman–Crippen MR) is 68.8 cm³/mol. The van der Waals surface area contributed by atoms with Crippen molar-refractivity contribution in [2.45, 2.75) is 19.8 Å². The average Bonchev–Trinajstić information content (AvgIpc) is 2.60. The largest absolute Gasteiger partial charge is 0.481 e. The Hall–Kier alpha value is -2.17. The maximum atomic E-state index is 13.2. The molecule has 1 heterocycles. The smallest absolute Gasteiger partial charge is 0.303 e. The maximum absolute atomic E-state index is 13.2. The molecule has 1 aromatic heterocycles. The minimum absolute atomic E-state index is 0.0489. The second-order valence-corrected chi connectivity index (χ2v) is 4.50. The van der Waals surface area contributed by atoms with Gasteiger partial charge in [0.15, 0.2) is 5.78 Å². The summed E-state index contributed by atoms with van der Waals surface area (Å²) < 4.78 is 15.0. The zero-order valence-electron chi connectivity index (χ0n) is 10.7. The molecule has 0 fully saturated rings. The molecule has 0 aliphatic carbocycles. The van der Waals surface area contributed by atoms with Crippen molar-refractivity contribution in [3.05, 3.63) is 35.3 Å². The van der Waals surface area contributed by atoms with Crippen LogP contribution in [-0.4, -0.2) is 21.4 Å². The third-order valence-electron chi connectivity index (χ3n) is 3.30. The summed E-state index contributed by atoms with van der Waals surface area (Å²) in [4.78, 5) is 22.6. The summed E-state index contributed by atoms with van der Waals surface area (Å²) in [5.41, 5.74) is 1.84. The van der Waals surface area contributed by atoms with Crippen molar-refractivity contribution in [2.75, 3.05) is 0 Å². The number of carboxylic acid groups (broad SMARTS) is 1. The fourth-order valence-corrected chi connectivity index (χ4v) is 2.23. The van der Waals surface area contributed by atoms with Crippen molar-refractivity contribution in [2.24, 2.45) is 7.05 Å². The van der Waals surface area contributed by atoms with Crippen molar-refractivity contribution in [1.82, 2.24) is 4.57 Å². The van der Waals surface area contributed by atoms with Crippen LogP contribution in [0.25, 0.3) is 10.9 Å². The number of aryl methyl sites for hydroxylation is 1. The fraction of sp³-hybridized carbons (Fsp3) is 0.286. The van der Waals surface area contributed by atoms with E-state index < -0.39 is 5.97 Å². The number of Topliss-reactive ketones (excluding diaryl/α,β-unsaturated/α-hetero) is 1. The number of hydrogen-bond donors (Lipinski definition) is 1. The Kier molecular flexibility index (Phi) is 3.38. The first kappa shape index (κ1) is 13.3. The van der Waals surface area contributed by atoms with Gasteiger partial charge in [-0.1, -0.05) is 0 Å². The molecule has 2 aromatic rings. The van der Waals surface area contributed by atoms with Crippen LogP contribution in [-0.2, 0) is 11.8 Å². The second-order valence-electron chi connectivity index (χ2n) is 4.50. The normalized spacial score (nSPS) is 10.9. The van der Waals surface area contributed by atoms with E-state index >= 15 is 0 Å². The number of rotatable bonds is 4. The molecule has 5 heteroatoms. The van der Waals surface area contributed by atoms with Crippen LogP contribution in [0.1, 0.15) is 28.9 Å². The summed E-state index contributed by atoms with van der Waals surface area (Å²) in [6.45, 7) is 1.77. The first-order valence-electron chi connectivity index (χ1n) is 5.91. The number of benzene rings is 1. The molecule has 0 spiro atoms. The lowest BCUT2D eigenvalue weighted by molar-refractivity contribution is -0.136. The van der Waals surface area contributed by atoms with Gasteiger partial charge in [-0.3, -0.25) is 9.59 Å². The summed E-state index contributed by atoms with van der Waals surface area (Å²) in [6.07, 6.45) is -0.248. The van der Waals surface area contributed by atoms with Gasteiger partial charge in [0.2, 0.25) is 0 Å². The van der Waals surface area contributed by atoms with Gasteiger partial charge in [-0.2, -0.15) is 0 Å². The van der Waals surface area contributed by atoms with Gasteiger partial charge in [0.05, 0.1) is 11.9 Å². The highest BCUT2D eigenvalue weighted by molar-refractivity contribution is 6.10. The zero-order valence-corrected chi connectivity index (χ0v) is 10.7. The number of carboxylic acids is 1. The maximum Gasteiger partial charge on any atom is 0.303 e. The zero-order chi connectivity index (χ0) is 14.2. The molecular formula is C14H14FNO3. The lowest BCUT2D eigenvalue weighted by atomic mass is 10.0. The van der Waals surface area contributed by atoms with Crippen molar-refractivity contribution >= 4 is 22.7 Å². The van der Waals surface area contributed by atoms with Crippen LogP contribution in [0.2, 0.25) is 0 Å². The molecule has 0 atom stereocenters. The van der Waals surface area contributed by atoms with Crippen LogP contribution < -0.4 is 0 Å². The van der Waals surface area contributed by atoms with Crippen molar-refractivity contribution in [1.29, 1.82) is 0 Å². The lowest BCUT2D eigenvalue weighted by Crippen LogP contribution is -2.05. The summed E-state index contributed by atoms with van der Waals surface area (Å²) in [5.74, 6) is -1.59. The number of aliphatic carboxylic acids is 1. The number of fused-ring (bicyclic) bond motifs is 1. The van der Waals surface area contributed by atoms with Crippen molar-refractivity contribution in [3.63, 3.8) is 0 Å². The van der Waals surface area contributed by atoms with Gasteiger partial charge in [-0.25, -0.2) is 4.39 Å². The molecule has 0 aliphatic rings. The fourth-order valence-electron chi connectivity index (χ4n) is 2.23. The monoisotopic (exact) mass is 263 g/mol. The Labute approximate surface area is 109 Å². The van der Waals surface area contributed by atoms with E-state index in [4.69, 9.17) is 5.11 Å². The Morgan fingerprint density at radius 1 is 1.32 bits per heavy atom. The first-order chi connectivity index (χ1) is 8.91. The number of aromatic nitrogens is 1. The minimum atomic E-state index is -1.00. The topological polar surface area (TPSA) is 59.3 Å². The molecule has 100 valence electrons. The van der Waals surface area contributed by atoms with E-state index in [9.17, 15) is 14.0 Å². The predicted octanol–water partition coefficient (Wildman–Crippen LogP) is 2.67. The van der Waals surface area contributed by atoms with Crippen LogP contribution in [0.4, 0.5) is 4.39 Å². The van der Waals surface area contributed by atoms with E-state index in [2.05, 4.69) is 0 Å². The Balaban J connectivity index is 2.51. The van der Waals surface area contributed by atoms with Crippen molar-refractivity contribution < 1.29 is 19.1 Å². The summed E-state index contributed by atoms with van der Waals surface area (Å²) in [6, 6.07) is 4.23. The number of halogens is 1. The summed E-state index contributed by atoms with van der Waals surface area (Å²) >= 11 is 0. The third-order valence-corrected chi connectivity index (χ3v) is 3.30. The molecule has 1 aromatic carbocycles. The SMILES string of the molecule is Cc1c(C(=O)CCC(=O)O)c2ccc(F)cc2n1C. The number of nitrogens with zero attached hydrogens (tertiary/aromatic N) is 1. The third kappa shape index (κ3) is 2.36. The van der Waals surface area contributed by atoms with Gasteiger partial charge in [0, 0.05) is 30.1 Å². The highest BCUT2D eigenvalue weighted by Crippen LogP contribution is 2.27. The number of ketones is 1. The van der Waals surface area contributed by atoms with Crippen LogP contribution >= 0.6 is 0 Å². The molecule has 1 N–H and O–H groups in total. The molecule has 0 unspecified atom stereocenters. The van der Waals surface area contributed by atoms with E-state index in [1.165, 1.54) is 12.1 Å². The molecule has 2 rings (SSSR count). The van der Waals surface area contributed by atoms with E-state index in [1.54, 1.807) is 24.6 Å². The van der Waals surface area contributed by atoms with E-state index in [-0.39, 0.29) is 24.4 Å². The standard InChI is InChI=1S/C14H14FNO3/c1-8-14(12(17)5-6-13(18)19)10-4-3-9(15)7-11(10)16(8)2/h3-4,7H,5-6H2,1-2H3,(H,18,19). The molecule has 0 bridgehead atoms. The average molecular weight is 263 g/mol. The molecule has 0 saturated carbocycles. The molecule has 0 radical (unpaired) electrons. The second kappa shape index (κ2) is 4.84. The van der Waals surface area contributed by atoms with Gasteiger partial charge in [-0.05, 0) is 25.1 Å². The lowest BCUT2D eigenvalue weighted by Gasteiger charge is -2.00. The molecular weight excluding hydrogens is 249 g/mol. The molecule has 0 saturated heterocycles. The number of carbonyl (C=O) groups excluding carboxylic acids is 1. The Morgan fingerprint density at radius 2 is 2.00 bits per heavy atom. The van der Waals surface area contributed by atoms with Gasteiger partial charge in [0.25, 0.3) is 0 Å². The number of hydrogen-bond acceptors (Lipinski definition) is 2. The van der Waals surface area contributed by atoms with E-state index in [1.807, 2.05) is 0 Å². The summed E-state index contributed by atoms with van der Waals surface area (Å²) in [5, 5.41) is 9.29. The molecule has 19 heavy (non-hydrogen) atoms. The Morgan fingerprint density at radius 3 is 2.63 bits per heavy atom. The van der Waals surface area contributed by atoms with Gasteiger partial charge < -0.3 is 9.67 Å². The molecule has 4 nitrogen and oxygen atoms in total. The van der Waals surface area contributed by atoms with E-state index in [0.29, 0.717) is 16.5 Å². The van der Waals surface area contributed by atoms with Crippen LogP contribution in [0.5, 0.6) is 0 Å². The molecule has 0 amide bonds. The quantitative estimate of drug-likeness (QED) is 0.863. The van der Waals surface area contributed by atoms with E-state index in [0.717, 1.165) is 5.69 Å². The first-order valence-corrected chi connectivity index (χ1v) is 5.91. The highest BCUT2D eigenvalue weighted by atomic mass is 19.1. The van der Waals surface area contributed by atoms with Gasteiger partial charge >= 0.3 is 5.97 Å². The minimum Gasteiger partial charge on any atom is -0.481 e. The van der Waals surface area contributed by atoms with Crippen LogP contribution in [0.15, 0.2) is 18.2 Å². The van der Waals surface area contributed by atoms with Crippen LogP contribution in [0, 0.1) is 12.7 Å². The molecule has 0 aliphatic heterocycles. The van der Waals surface area contributed by atoms with Gasteiger partial charge in [0.1, 0.15) is 5.82 Å². The number of carbonyl (C=O) groups is 2. The highest BCUT2D eigenvalue weighted by Gasteiger charge is 2.19.